The summed E-state index contributed by atoms with van der Waals surface area (Å²) in [4.78, 5) is 10.5. The molecule has 0 aliphatic heterocycles. The molecule has 0 spiro atoms. The van der Waals surface area contributed by atoms with Gasteiger partial charge in [-0.25, -0.2) is 0 Å². The fourth-order valence-corrected chi connectivity index (χ4v) is 3.12. The molecule has 0 aromatic carbocycles. The third-order valence-corrected chi connectivity index (χ3v) is 3.55. The summed E-state index contributed by atoms with van der Waals surface area (Å²) in [7, 11) is 0. The maximum absolute atomic E-state index is 10.5. The topological polar surface area (TPSA) is 57.5 Å². The number of rotatable bonds is 2. The molecule has 0 amide bonds. The second-order valence-corrected chi connectivity index (χ2v) is 4.58. The number of hydrogen-bond acceptors (Lipinski definition) is 2. The Labute approximate surface area is 77.8 Å². The Morgan fingerprint density at radius 3 is 2.15 bits per heavy atom. The minimum absolute atomic E-state index is 0.110. The SMILES string of the molecule is O=C(O)CC1C[C@H]2CC(O)C[C@H]2C1. The van der Waals surface area contributed by atoms with Gasteiger partial charge in [0.1, 0.15) is 0 Å². The second-order valence-electron chi connectivity index (χ2n) is 4.58. The number of aliphatic carboxylic acids is 1. The number of hydrogen-bond donors (Lipinski definition) is 2. The van der Waals surface area contributed by atoms with Gasteiger partial charge in [0.15, 0.2) is 0 Å². The smallest absolute Gasteiger partial charge is 0.303 e. The Morgan fingerprint density at radius 2 is 1.69 bits per heavy atom. The van der Waals surface area contributed by atoms with Crippen molar-refractivity contribution in [1.29, 1.82) is 0 Å². The van der Waals surface area contributed by atoms with Gasteiger partial charge in [0.2, 0.25) is 0 Å². The van der Waals surface area contributed by atoms with Crippen molar-refractivity contribution in [2.75, 3.05) is 0 Å². The van der Waals surface area contributed by atoms with Crippen LogP contribution in [0.15, 0.2) is 0 Å². The number of carboxylic acids is 1. The van der Waals surface area contributed by atoms with Crippen LogP contribution in [0.5, 0.6) is 0 Å². The summed E-state index contributed by atoms with van der Waals surface area (Å²) in [5.74, 6) is 0.921. The Hall–Kier alpha value is -0.570. The summed E-state index contributed by atoms with van der Waals surface area (Å²) in [6.45, 7) is 0. The molecule has 74 valence electrons. The van der Waals surface area contributed by atoms with Crippen molar-refractivity contribution in [2.24, 2.45) is 17.8 Å². The van der Waals surface area contributed by atoms with E-state index in [1.165, 1.54) is 0 Å². The lowest BCUT2D eigenvalue weighted by atomic mass is 9.99. The minimum Gasteiger partial charge on any atom is -0.481 e. The molecule has 2 unspecified atom stereocenters. The van der Waals surface area contributed by atoms with Crippen LogP contribution in [0.3, 0.4) is 0 Å². The van der Waals surface area contributed by atoms with Gasteiger partial charge in [-0.2, -0.15) is 0 Å². The minimum atomic E-state index is -0.675. The lowest BCUT2D eigenvalue weighted by molar-refractivity contribution is -0.138. The van der Waals surface area contributed by atoms with Crippen molar-refractivity contribution in [3.63, 3.8) is 0 Å². The fourth-order valence-electron chi connectivity index (χ4n) is 3.12. The number of aliphatic hydroxyl groups is 1. The zero-order valence-corrected chi connectivity index (χ0v) is 7.65. The molecule has 0 heterocycles. The Morgan fingerprint density at radius 1 is 1.15 bits per heavy atom. The van der Waals surface area contributed by atoms with Gasteiger partial charge >= 0.3 is 5.97 Å². The summed E-state index contributed by atoms with van der Waals surface area (Å²) in [6.07, 6.45) is 4.06. The van der Waals surface area contributed by atoms with Crippen LogP contribution in [0, 0.1) is 17.8 Å². The molecule has 2 N–H and O–H groups in total. The van der Waals surface area contributed by atoms with Crippen LogP contribution in [-0.4, -0.2) is 22.3 Å². The predicted octanol–water partition coefficient (Wildman–Crippen LogP) is 1.26. The zero-order chi connectivity index (χ0) is 9.42. The van der Waals surface area contributed by atoms with E-state index in [4.69, 9.17) is 5.11 Å². The molecular formula is C10H16O3. The number of fused-ring (bicyclic) bond motifs is 1. The van der Waals surface area contributed by atoms with Crippen LogP contribution in [0.25, 0.3) is 0 Å². The van der Waals surface area contributed by atoms with Crippen molar-refractivity contribution in [2.45, 2.75) is 38.2 Å². The van der Waals surface area contributed by atoms with Gasteiger partial charge in [0.05, 0.1) is 6.10 Å². The highest BCUT2D eigenvalue weighted by atomic mass is 16.4. The average molecular weight is 184 g/mol. The van der Waals surface area contributed by atoms with Crippen molar-refractivity contribution < 1.29 is 15.0 Å². The highest BCUT2D eigenvalue weighted by Crippen LogP contribution is 2.47. The van der Waals surface area contributed by atoms with E-state index in [0.29, 0.717) is 24.2 Å². The molecule has 2 fully saturated rings. The molecule has 2 rings (SSSR count). The van der Waals surface area contributed by atoms with E-state index in [9.17, 15) is 9.90 Å². The number of carbonyl (C=O) groups is 1. The summed E-state index contributed by atoms with van der Waals surface area (Å²) >= 11 is 0. The maximum Gasteiger partial charge on any atom is 0.303 e. The first-order chi connectivity index (χ1) is 6.15. The van der Waals surface area contributed by atoms with E-state index in [-0.39, 0.29) is 6.10 Å². The van der Waals surface area contributed by atoms with Gasteiger partial charge in [0.25, 0.3) is 0 Å². The summed E-state index contributed by atoms with van der Waals surface area (Å²) < 4.78 is 0. The number of aliphatic hydroxyl groups excluding tert-OH is 1. The van der Waals surface area contributed by atoms with Gasteiger partial charge in [-0.15, -0.1) is 0 Å². The zero-order valence-electron chi connectivity index (χ0n) is 7.65. The van der Waals surface area contributed by atoms with Gasteiger partial charge in [-0.3, -0.25) is 4.79 Å². The lowest BCUT2D eigenvalue weighted by Crippen LogP contribution is -2.08. The first kappa shape index (κ1) is 9.00. The molecular weight excluding hydrogens is 168 g/mol. The Bertz CT molecular complexity index is 200. The fraction of sp³-hybridized carbons (Fsp3) is 0.900. The molecule has 0 aromatic heterocycles. The third kappa shape index (κ3) is 1.85. The quantitative estimate of drug-likeness (QED) is 0.679. The van der Waals surface area contributed by atoms with Gasteiger partial charge in [0, 0.05) is 6.42 Å². The third-order valence-electron chi connectivity index (χ3n) is 3.55. The largest absolute Gasteiger partial charge is 0.481 e. The summed E-state index contributed by atoms with van der Waals surface area (Å²) in [5.41, 5.74) is 0. The van der Waals surface area contributed by atoms with E-state index in [1.807, 2.05) is 0 Å². The first-order valence-electron chi connectivity index (χ1n) is 5.05. The van der Waals surface area contributed by atoms with Crippen molar-refractivity contribution in [3.05, 3.63) is 0 Å². The summed E-state index contributed by atoms with van der Waals surface area (Å²) in [6, 6.07) is 0. The monoisotopic (exact) mass is 184 g/mol. The lowest BCUT2D eigenvalue weighted by Gasteiger charge is -2.08. The molecule has 2 aliphatic rings. The maximum atomic E-state index is 10.5. The van der Waals surface area contributed by atoms with Crippen molar-refractivity contribution in [1.82, 2.24) is 0 Å². The second kappa shape index (κ2) is 3.29. The summed E-state index contributed by atoms with van der Waals surface area (Å²) in [5, 5.41) is 18.0. The molecule has 13 heavy (non-hydrogen) atoms. The van der Waals surface area contributed by atoms with Crippen LogP contribution in [-0.2, 0) is 4.79 Å². The highest BCUT2D eigenvalue weighted by molar-refractivity contribution is 5.67. The highest BCUT2D eigenvalue weighted by Gasteiger charge is 2.41. The van der Waals surface area contributed by atoms with Crippen molar-refractivity contribution >= 4 is 5.97 Å². The van der Waals surface area contributed by atoms with Crippen LogP contribution >= 0.6 is 0 Å². The van der Waals surface area contributed by atoms with Crippen molar-refractivity contribution in [3.8, 4) is 0 Å². The standard InChI is InChI=1S/C10H16O3/c11-9-4-7-1-6(3-10(12)13)2-8(7)5-9/h6-9,11H,1-5H2,(H,12,13)/t6?,7-,8+,9?. The Kier molecular flexibility index (Phi) is 2.28. The van der Waals surface area contributed by atoms with Crippen LogP contribution < -0.4 is 0 Å². The van der Waals surface area contributed by atoms with Crippen LogP contribution in [0.1, 0.15) is 32.1 Å². The van der Waals surface area contributed by atoms with Gasteiger partial charge in [-0.1, -0.05) is 0 Å². The van der Waals surface area contributed by atoms with E-state index < -0.39 is 5.97 Å². The molecule has 3 nitrogen and oxygen atoms in total. The number of carboxylic acid groups (broad SMARTS) is 1. The van der Waals surface area contributed by atoms with E-state index >= 15 is 0 Å². The molecule has 0 bridgehead atoms. The van der Waals surface area contributed by atoms with Gasteiger partial charge < -0.3 is 10.2 Å². The van der Waals surface area contributed by atoms with Crippen LogP contribution in [0.4, 0.5) is 0 Å². The van der Waals surface area contributed by atoms with E-state index in [1.54, 1.807) is 0 Å². The van der Waals surface area contributed by atoms with E-state index in [0.717, 1.165) is 25.7 Å². The first-order valence-corrected chi connectivity index (χ1v) is 5.05. The van der Waals surface area contributed by atoms with Crippen LogP contribution in [0.2, 0.25) is 0 Å². The molecule has 0 saturated heterocycles. The average Bonchev–Trinajstić information content (AvgIpc) is 2.41. The molecule has 0 radical (unpaired) electrons. The van der Waals surface area contributed by atoms with Gasteiger partial charge in [-0.05, 0) is 43.4 Å². The predicted molar refractivity (Wildman–Crippen MR) is 47.2 cm³/mol. The normalized spacial score (nSPS) is 43.5. The molecule has 2 saturated carbocycles. The molecule has 3 heteroatoms. The molecule has 4 atom stereocenters. The Balaban J connectivity index is 1.86. The molecule has 2 aliphatic carbocycles. The van der Waals surface area contributed by atoms with E-state index in [2.05, 4.69) is 0 Å². The molecule has 0 aromatic rings.